The number of fused-ring (bicyclic) bond motifs is 1. The van der Waals surface area contributed by atoms with Crippen LogP contribution in [-0.2, 0) is 10.6 Å². The number of imidazole rings is 1. The Hall–Kier alpha value is -0.780. The van der Waals surface area contributed by atoms with Gasteiger partial charge in [0.15, 0.2) is 10.8 Å². The number of ether oxygens (including phenoxy) is 1. The molecule has 0 amide bonds. The van der Waals surface area contributed by atoms with E-state index < -0.39 is 0 Å². The summed E-state index contributed by atoms with van der Waals surface area (Å²) < 4.78 is 7.63. The molecule has 2 aromatic heterocycles. The molecule has 1 aliphatic rings. The summed E-state index contributed by atoms with van der Waals surface area (Å²) >= 11 is 7.69. The molecular weight excluding hydrogens is 258 g/mol. The van der Waals surface area contributed by atoms with Crippen LogP contribution in [-0.4, -0.2) is 35.2 Å². The lowest BCUT2D eigenvalue weighted by Crippen LogP contribution is -2.41. The molecule has 0 saturated carbocycles. The van der Waals surface area contributed by atoms with E-state index in [1.165, 1.54) is 0 Å². The predicted molar refractivity (Wildman–Crippen MR) is 70.3 cm³/mol. The highest BCUT2D eigenvalue weighted by Crippen LogP contribution is 2.27. The molecule has 0 spiro atoms. The summed E-state index contributed by atoms with van der Waals surface area (Å²) in [6.07, 6.45) is 2.28. The van der Waals surface area contributed by atoms with Gasteiger partial charge in [0.1, 0.15) is 0 Å². The summed E-state index contributed by atoms with van der Waals surface area (Å²) in [6, 6.07) is 0. The number of rotatable bonds is 2. The molecule has 92 valence electrons. The number of hydrogen-bond acceptors (Lipinski definition) is 4. The first-order valence-corrected chi connectivity index (χ1v) is 7.08. The van der Waals surface area contributed by atoms with Crippen LogP contribution in [0.4, 0.5) is 5.82 Å². The zero-order chi connectivity index (χ0) is 11.8. The number of aromatic nitrogens is 2. The normalized spacial score (nSPS) is 21.3. The molecule has 6 heteroatoms. The van der Waals surface area contributed by atoms with E-state index in [0.29, 0.717) is 5.88 Å². The predicted octanol–water partition coefficient (Wildman–Crippen LogP) is 2.36. The third-order valence-electron chi connectivity index (χ3n) is 3.01. The number of anilines is 1. The highest BCUT2D eigenvalue weighted by atomic mass is 35.5. The first-order valence-electron chi connectivity index (χ1n) is 5.66. The second-order valence-corrected chi connectivity index (χ2v) is 5.34. The lowest BCUT2D eigenvalue weighted by Gasteiger charge is -2.31. The van der Waals surface area contributed by atoms with Crippen LogP contribution < -0.4 is 4.90 Å². The number of thiazole rings is 1. The number of morpholine rings is 1. The van der Waals surface area contributed by atoms with Gasteiger partial charge in [0.05, 0.1) is 24.3 Å². The minimum atomic E-state index is 0.256. The first kappa shape index (κ1) is 11.3. The third-order valence-corrected chi connectivity index (χ3v) is 4.02. The van der Waals surface area contributed by atoms with Gasteiger partial charge in [-0.1, -0.05) is 0 Å². The van der Waals surface area contributed by atoms with Gasteiger partial charge in [-0.25, -0.2) is 4.98 Å². The van der Waals surface area contributed by atoms with Gasteiger partial charge in [-0.2, -0.15) is 0 Å². The van der Waals surface area contributed by atoms with E-state index in [0.717, 1.165) is 36.2 Å². The van der Waals surface area contributed by atoms with Crippen LogP contribution in [0.5, 0.6) is 0 Å². The van der Waals surface area contributed by atoms with Crippen LogP contribution in [0, 0.1) is 0 Å². The van der Waals surface area contributed by atoms with Crippen molar-refractivity contribution in [2.75, 3.05) is 24.6 Å². The van der Waals surface area contributed by atoms with Gasteiger partial charge in [-0.05, 0) is 6.92 Å². The van der Waals surface area contributed by atoms with Crippen molar-refractivity contribution in [1.29, 1.82) is 0 Å². The Morgan fingerprint density at radius 2 is 2.53 bits per heavy atom. The topological polar surface area (TPSA) is 29.8 Å². The fraction of sp³-hybridized carbons (Fsp3) is 0.545. The molecule has 1 atom stereocenters. The average molecular weight is 272 g/mol. The minimum absolute atomic E-state index is 0.256. The zero-order valence-electron chi connectivity index (χ0n) is 9.60. The molecule has 4 nitrogen and oxygen atoms in total. The average Bonchev–Trinajstić information content (AvgIpc) is 2.88. The van der Waals surface area contributed by atoms with Crippen LogP contribution >= 0.6 is 22.9 Å². The highest BCUT2D eigenvalue weighted by molar-refractivity contribution is 7.15. The van der Waals surface area contributed by atoms with E-state index in [1.54, 1.807) is 11.3 Å². The summed E-state index contributed by atoms with van der Waals surface area (Å²) in [7, 11) is 0. The maximum Gasteiger partial charge on any atom is 0.195 e. The van der Waals surface area contributed by atoms with Gasteiger partial charge >= 0.3 is 0 Å². The van der Waals surface area contributed by atoms with Crippen LogP contribution in [0.15, 0.2) is 11.6 Å². The molecule has 17 heavy (non-hydrogen) atoms. The summed E-state index contributed by atoms with van der Waals surface area (Å²) in [6.45, 7) is 4.62. The van der Waals surface area contributed by atoms with Gasteiger partial charge in [0, 0.05) is 24.7 Å². The Morgan fingerprint density at radius 1 is 1.65 bits per heavy atom. The molecule has 0 bridgehead atoms. The summed E-state index contributed by atoms with van der Waals surface area (Å²) in [5.41, 5.74) is 1.08. The van der Waals surface area contributed by atoms with Crippen LogP contribution in [0.25, 0.3) is 4.96 Å². The fourth-order valence-corrected chi connectivity index (χ4v) is 3.19. The van der Waals surface area contributed by atoms with E-state index in [9.17, 15) is 0 Å². The number of nitrogens with zero attached hydrogens (tertiary/aromatic N) is 3. The van der Waals surface area contributed by atoms with E-state index in [1.807, 2.05) is 11.6 Å². The molecular formula is C11H14ClN3OS. The molecule has 0 aromatic carbocycles. The van der Waals surface area contributed by atoms with Crippen molar-refractivity contribution in [1.82, 2.24) is 9.38 Å². The van der Waals surface area contributed by atoms with Crippen LogP contribution in [0.1, 0.15) is 12.6 Å². The Bertz CT molecular complexity index is 524. The van der Waals surface area contributed by atoms with Crippen molar-refractivity contribution in [2.45, 2.75) is 18.9 Å². The molecule has 0 N–H and O–H groups in total. The van der Waals surface area contributed by atoms with Crippen molar-refractivity contribution < 1.29 is 4.74 Å². The smallest absolute Gasteiger partial charge is 0.195 e. The molecule has 0 radical (unpaired) electrons. The highest BCUT2D eigenvalue weighted by Gasteiger charge is 2.23. The fourth-order valence-electron chi connectivity index (χ4n) is 2.21. The quantitative estimate of drug-likeness (QED) is 0.786. The van der Waals surface area contributed by atoms with Crippen molar-refractivity contribution in [3.8, 4) is 0 Å². The Balaban J connectivity index is 2.00. The Labute approximate surface area is 109 Å². The molecule has 0 aliphatic carbocycles. The number of hydrogen-bond donors (Lipinski definition) is 0. The molecule has 3 heterocycles. The molecule has 1 fully saturated rings. The largest absolute Gasteiger partial charge is 0.375 e. The standard InChI is InChI=1S/C11H14ClN3OS/c1-8-7-14(2-4-16-8)10-9(6-12)15-3-5-17-11(15)13-10/h3,5,8H,2,4,6-7H2,1H3. The monoisotopic (exact) mass is 271 g/mol. The van der Waals surface area contributed by atoms with Crippen molar-refractivity contribution >= 4 is 33.7 Å². The van der Waals surface area contributed by atoms with Gasteiger partial charge < -0.3 is 9.64 Å². The molecule has 3 rings (SSSR count). The maximum absolute atomic E-state index is 6.05. The second-order valence-electron chi connectivity index (χ2n) is 4.20. The molecule has 1 aliphatic heterocycles. The van der Waals surface area contributed by atoms with Gasteiger partial charge in [0.25, 0.3) is 0 Å². The van der Waals surface area contributed by atoms with Gasteiger partial charge in [-0.15, -0.1) is 22.9 Å². The summed E-state index contributed by atoms with van der Waals surface area (Å²) in [5, 5.41) is 2.03. The van der Waals surface area contributed by atoms with Gasteiger partial charge in [0.2, 0.25) is 0 Å². The number of halogens is 1. The van der Waals surface area contributed by atoms with Gasteiger partial charge in [-0.3, -0.25) is 4.40 Å². The number of alkyl halides is 1. The second kappa shape index (κ2) is 4.48. The van der Waals surface area contributed by atoms with E-state index in [2.05, 4.69) is 21.2 Å². The van der Waals surface area contributed by atoms with E-state index in [-0.39, 0.29) is 6.10 Å². The SMILES string of the molecule is CC1CN(c2nc3sccn3c2CCl)CCO1. The Kier molecular flexibility index (Phi) is 2.98. The lowest BCUT2D eigenvalue weighted by molar-refractivity contribution is 0.0529. The zero-order valence-corrected chi connectivity index (χ0v) is 11.2. The van der Waals surface area contributed by atoms with E-state index >= 15 is 0 Å². The van der Waals surface area contributed by atoms with Crippen molar-refractivity contribution in [2.24, 2.45) is 0 Å². The third kappa shape index (κ3) is 1.92. The molecule has 2 aromatic rings. The van der Waals surface area contributed by atoms with Crippen LogP contribution in [0.2, 0.25) is 0 Å². The van der Waals surface area contributed by atoms with Crippen LogP contribution in [0.3, 0.4) is 0 Å². The lowest BCUT2D eigenvalue weighted by atomic mass is 10.3. The first-order chi connectivity index (χ1) is 8.29. The Morgan fingerprint density at radius 3 is 3.29 bits per heavy atom. The van der Waals surface area contributed by atoms with Crippen molar-refractivity contribution in [3.63, 3.8) is 0 Å². The minimum Gasteiger partial charge on any atom is -0.375 e. The summed E-state index contributed by atoms with van der Waals surface area (Å²) in [4.78, 5) is 7.95. The van der Waals surface area contributed by atoms with Crippen molar-refractivity contribution in [3.05, 3.63) is 17.3 Å². The molecule has 1 saturated heterocycles. The molecule has 1 unspecified atom stereocenters. The summed E-state index contributed by atoms with van der Waals surface area (Å²) in [5.74, 6) is 1.50. The maximum atomic E-state index is 6.05. The van der Waals surface area contributed by atoms with E-state index in [4.69, 9.17) is 16.3 Å².